The summed E-state index contributed by atoms with van der Waals surface area (Å²) >= 11 is 0. The first-order chi connectivity index (χ1) is 32.2. The Morgan fingerprint density at radius 1 is 0.912 bits per heavy atom. The molecule has 7 N–H and O–H groups in total. The van der Waals surface area contributed by atoms with Gasteiger partial charge in [0.25, 0.3) is 11.7 Å². The third-order valence-corrected chi connectivity index (χ3v) is 13.9. The number of esters is 1. The number of ketones is 1. The van der Waals surface area contributed by atoms with Gasteiger partial charge in [0.1, 0.15) is 34.7 Å². The molecule has 366 valence electrons. The lowest BCUT2D eigenvalue weighted by atomic mass is 9.78. The van der Waals surface area contributed by atoms with Crippen molar-refractivity contribution in [3.8, 4) is 34.5 Å². The predicted octanol–water partition coefficient (Wildman–Crippen LogP) is 7.30. The van der Waals surface area contributed by atoms with Gasteiger partial charge in [-0.15, -0.1) is 6.58 Å². The Bertz CT molecular complexity index is 2580. The molecule has 68 heavy (non-hydrogen) atoms. The van der Waals surface area contributed by atoms with Crippen LogP contribution in [0, 0.1) is 30.6 Å². The van der Waals surface area contributed by atoms with Crippen LogP contribution in [0.25, 0.3) is 10.8 Å². The van der Waals surface area contributed by atoms with Gasteiger partial charge in [-0.2, -0.15) is 0 Å². The molecule has 4 aliphatic heterocycles. The third kappa shape index (κ3) is 9.19. The first-order valence-electron chi connectivity index (χ1n) is 23.0. The maximum Gasteiger partial charge on any atom is 0.312 e. The molecule has 7 rings (SSSR count). The van der Waals surface area contributed by atoms with Gasteiger partial charge >= 0.3 is 11.8 Å². The number of allylic oxidation sites excluding steroid dienone is 2. The second kappa shape index (κ2) is 19.8. The number of aromatic hydroxyl groups is 3. The maximum absolute atomic E-state index is 14.9. The van der Waals surface area contributed by atoms with Crippen molar-refractivity contribution >= 4 is 51.2 Å². The molecule has 17 nitrogen and oxygen atoms in total. The molecule has 3 aromatic carbocycles. The molecule has 4 bridgehead atoms. The van der Waals surface area contributed by atoms with Crippen molar-refractivity contribution in [1.82, 2.24) is 4.90 Å². The summed E-state index contributed by atoms with van der Waals surface area (Å²) in [5.74, 6) is -7.82. The molecule has 0 aromatic heterocycles. The Morgan fingerprint density at radius 2 is 1.62 bits per heavy atom. The standard InChI is InChI=1S/C51H64N4O13/c1-11-12-17-54-18-20-55(21-19-54)32-23-33(57)39-35(24-32)67-48-40(52-39)36-37-44(60)30(7)47-38(36)49(62)51(9,68-47)65-22-16-34(64-10)27(4)46(66-31(8)56)29(6)43(59)28(5)42(58)25(2)14-13-15-26(3)50(63)53-41(48)45(37)61/h11,13-16,22-25,27-29,34,42-43,46,52,57-61H,1,12,17-21H2,2-10H3,(H,53,63)/b14-13+,22-16+,26-15+/t25-,27+,28+,29+,34-,42-,43+,46+,51-/m0/s1. The molecule has 0 saturated carbocycles. The average Bonchev–Trinajstić information content (AvgIpc) is 3.58. The van der Waals surface area contributed by atoms with Gasteiger partial charge in [0.15, 0.2) is 17.2 Å². The highest BCUT2D eigenvalue weighted by Crippen LogP contribution is 2.61. The quantitative estimate of drug-likeness (QED) is 0.0435. The van der Waals surface area contributed by atoms with E-state index in [1.54, 1.807) is 58.9 Å². The summed E-state index contributed by atoms with van der Waals surface area (Å²) in [5, 5.41) is 64.6. The van der Waals surface area contributed by atoms with Crippen LogP contribution in [-0.4, -0.2) is 118 Å². The van der Waals surface area contributed by atoms with Gasteiger partial charge in [-0.1, -0.05) is 52.0 Å². The van der Waals surface area contributed by atoms with Gasteiger partial charge in [-0.25, -0.2) is 0 Å². The SMILES string of the molecule is C=CCCN1CCN(c2cc(O)c3c(c2)Oc2c4c(O)c5c(O)c(C)c6c(c5c2N3)C(=O)[C@@](C)(O/C=C/[C@H](OC)[C@@H](C)[C@@H](OC(C)=O)[C@H](C)[C@H](O)[C@H](C)[C@@H](O)[C@@H](C)/C=C/C=C(\C)C(=O)N4)O6)CC1. The number of phenolic OH excluding ortho intramolecular Hbond substituents is 3. The van der Waals surface area contributed by atoms with Crippen LogP contribution < -0.4 is 25.0 Å². The number of phenols is 3. The summed E-state index contributed by atoms with van der Waals surface area (Å²) in [6.07, 6.45) is 6.37. The number of Topliss-reactive ketones (excluding diaryl/α,β-unsaturated/α-hetero) is 1. The van der Waals surface area contributed by atoms with E-state index in [1.165, 1.54) is 46.3 Å². The zero-order valence-corrected chi connectivity index (χ0v) is 40.1. The molecule has 3 aromatic rings. The summed E-state index contributed by atoms with van der Waals surface area (Å²) in [5.41, 5.74) is 0.757. The van der Waals surface area contributed by atoms with Crippen molar-refractivity contribution in [2.24, 2.45) is 23.7 Å². The molecule has 9 atom stereocenters. The molecule has 0 radical (unpaired) electrons. The molecule has 0 aliphatic carbocycles. The van der Waals surface area contributed by atoms with E-state index in [-0.39, 0.29) is 67.5 Å². The van der Waals surface area contributed by atoms with Crippen LogP contribution in [0.4, 0.5) is 22.7 Å². The van der Waals surface area contributed by atoms with Crippen LogP contribution in [0.2, 0.25) is 0 Å². The summed E-state index contributed by atoms with van der Waals surface area (Å²) in [6.45, 7) is 20.3. The van der Waals surface area contributed by atoms with Crippen LogP contribution in [0.1, 0.15) is 70.8 Å². The minimum Gasteiger partial charge on any atom is -0.507 e. The highest BCUT2D eigenvalue weighted by atomic mass is 16.7. The molecule has 1 amide bonds. The second-order valence-electron chi connectivity index (χ2n) is 18.5. The van der Waals surface area contributed by atoms with Gasteiger partial charge in [0.2, 0.25) is 0 Å². The molecule has 0 spiro atoms. The predicted molar refractivity (Wildman–Crippen MR) is 257 cm³/mol. The molecule has 1 fully saturated rings. The van der Waals surface area contributed by atoms with Crippen molar-refractivity contribution in [2.45, 2.75) is 92.0 Å². The fourth-order valence-electron chi connectivity index (χ4n) is 9.65. The number of carbonyl (C=O) groups is 3. The van der Waals surface area contributed by atoms with Crippen LogP contribution >= 0.6 is 0 Å². The molecule has 17 heteroatoms. The number of hydrogen-bond donors (Lipinski definition) is 7. The Hall–Kier alpha value is -6.27. The zero-order chi connectivity index (χ0) is 49.5. The van der Waals surface area contributed by atoms with Crippen molar-refractivity contribution in [1.29, 1.82) is 0 Å². The number of carbonyl (C=O) groups excluding carboxylic acids is 3. The van der Waals surface area contributed by atoms with Crippen LogP contribution in [0.15, 0.2) is 60.9 Å². The number of benzene rings is 3. The van der Waals surface area contributed by atoms with Crippen molar-refractivity contribution in [2.75, 3.05) is 55.4 Å². The lowest BCUT2D eigenvalue weighted by Crippen LogP contribution is -2.46. The van der Waals surface area contributed by atoms with Gasteiger partial charge < -0.3 is 64.8 Å². The largest absolute Gasteiger partial charge is 0.507 e. The average molecular weight is 941 g/mol. The normalized spacial score (nSPS) is 29.6. The van der Waals surface area contributed by atoms with E-state index in [0.717, 1.165) is 26.1 Å². The number of fused-ring (bicyclic) bond motifs is 2. The topological polar surface area (TPSA) is 229 Å². The smallest absolute Gasteiger partial charge is 0.312 e. The third-order valence-electron chi connectivity index (χ3n) is 13.9. The summed E-state index contributed by atoms with van der Waals surface area (Å²) in [4.78, 5) is 45.8. The van der Waals surface area contributed by atoms with Crippen LogP contribution in [0.5, 0.6) is 34.5 Å². The maximum atomic E-state index is 14.9. The minimum atomic E-state index is -2.05. The highest BCUT2D eigenvalue weighted by Gasteiger charge is 2.50. The van der Waals surface area contributed by atoms with E-state index in [0.29, 0.717) is 18.8 Å². The molecule has 4 heterocycles. The summed E-state index contributed by atoms with van der Waals surface area (Å²) in [7, 11) is 1.45. The van der Waals surface area contributed by atoms with Crippen molar-refractivity contribution in [3.05, 3.63) is 72.1 Å². The van der Waals surface area contributed by atoms with E-state index in [9.17, 15) is 39.9 Å². The zero-order valence-electron chi connectivity index (χ0n) is 40.1. The molecule has 4 aliphatic rings. The van der Waals surface area contributed by atoms with Crippen molar-refractivity contribution < 1.29 is 63.6 Å². The van der Waals surface area contributed by atoms with Gasteiger partial charge in [0, 0.05) is 112 Å². The van der Waals surface area contributed by atoms with Gasteiger partial charge in [0.05, 0.1) is 41.2 Å². The number of methoxy groups -OCH3 is 1. The number of piperazine rings is 1. The van der Waals surface area contributed by atoms with Crippen LogP contribution in [0.3, 0.4) is 0 Å². The van der Waals surface area contributed by atoms with Gasteiger partial charge in [-0.05, 0) is 26.3 Å². The lowest BCUT2D eigenvalue weighted by molar-refractivity contribution is -0.160. The van der Waals surface area contributed by atoms with E-state index >= 15 is 0 Å². The Kier molecular flexibility index (Phi) is 14.4. The van der Waals surface area contributed by atoms with E-state index in [4.69, 9.17) is 23.7 Å². The molecule has 0 unspecified atom stereocenters. The highest BCUT2D eigenvalue weighted by molar-refractivity contribution is 6.25. The number of aliphatic hydroxyl groups is 2. The van der Waals surface area contributed by atoms with Crippen molar-refractivity contribution in [3.63, 3.8) is 0 Å². The molecular weight excluding hydrogens is 877 g/mol. The number of rotatable bonds is 6. The number of ether oxygens (including phenoxy) is 5. The number of aliphatic hydroxyl groups excluding tert-OH is 2. The minimum absolute atomic E-state index is 0.0248. The first kappa shape index (κ1) is 49.6. The Morgan fingerprint density at radius 3 is 2.28 bits per heavy atom. The first-order valence-corrected chi connectivity index (χ1v) is 23.0. The lowest BCUT2D eigenvalue weighted by Gasteiger charge is -2.38. The van der Waals surface area contributed by atoms with E-state index < -0.39 is 83.0 Å². The Balaban J connectivity index is 1.37. The van der Waals surface area contributed by atoms with E-state index in [1.807, 2.05) is 6.08 Å². The Labute approximate surface area is 396 Å². The number of nitrogens with one attached hydrogen (secondary N) is 2. The van der Waals surface area contributed by atoms with Crippen LogP contribution in [-0.2, 0) is 23.8 Å². The molecule has 1 saturated heterocycles. The number of anilines is 4. The van der Waals surface area contributed by atoms with E-state index in [2.05, 4.69) is 27.0 Å². The second-order valence-corrected chi connectivity index (χ2v) is 18.5. The number of amides is 1. The monoisotopic (exact) mass is 940 g/mol. The fraction of sp³-hybridized carbons (Fsp3) is 0.471. The molecular formula is C51H64N4O13. The summed E-state index contributed by atoms with van der Waals surface area (Å²) in [6, 6.07) is 3.35. The fourth-order valence-corrected chi connectivity index (χ4v) is 9.65. The van der Waals surface area contributed by atoms with Gasteiger partial charge in [-0.3, -0.25) is 19.3 Å². The number of hydrogen-bond acceptors (Lipinski definition) is 16. The summed E-state index contributed by atoms with van der Waals surface area (Å²) < 4.78 is 30.6. The number of nitrogens with zero attached hydrogens (tertiary/aromatic N) is 2.